The number of hydrogen-bond donors (Lipinski definition) is 0. The maximum atomic E-state index is 12.3. The Morgan fingerprint density at radius 3 is 2.42 bits per heavy atom. The Bertz CT molecular complexity index is 919. The van der Waals surface area contributed by atoms with Gasteiger partial charge in [-0.2, -0.15) is 0 Å². The van der Waals surface area contributed by atoms with E-state index in [2.05, 4.69) is 9.68 Å². The van der Waals surface area contributed by atoms with Gasteiger partial charge in [0.25, 0.3) is 10.2 Å². The van der Waals surface area contributed by atoms with Crippen LogP contribution < -0.4 is 4.74 Å². The van der Waals surface area contributed by atoms with Gasteiger partial charge in [0.15, 0.2) is 0 Å². The number of nitrogens with zero attached hydrogens (tertiary/aromatic N) is 2. The fourth-order valence-corrected chi connectivity index (χ4v) is 2.98. The van der Waals surface area contributed by atoms with Crippen LogP contribution in [0, 0.1) is 20.2 Å². The molecule has 0 heterocycles. The largest absolute Gasteiger partial charge is 0.497 e. The van der Waals surface area contributed by atoms with E-state index in [1.54, 1.807) is 14.0 Å². The first-order chi connectivity index (χ1) is 14.8. The molecule has 0 unspecified atom stereocenters. The summed E-state index contributed by atoms with van der Waals surface area (Å²) in [4.78, 5) is 41.5. The number of carbonyl (C=O) groups excluding carboxylic acids is 1. The van der Waals surface area contributed by atoms with Crippen LogP contribution >= 0.6 is 0 Å². The molecule has 31 heavy (non-hydrogen) atoms. The van der Waals surface area contributed by atoms with Gasteiger partial charge in [0.05, 0.1) is 19.6 Å². The Morgan fingerprint density at radius 1 is 1.03 bits per heavy atom. The number of carbonyl (C=O) groups is 1. The van der Waals surface area contributed by atoms with E-state index < -0.39 is 28.8 Å². The van der Waals surface area contributed by atoms with Crippen molar-refractivity contribution >= 4 is 16.7 Å². The van der Waals surface area contributed by atoms with Crippen molar-refractivity contribution in [2.24, 2.45) is 0 Å². The summed E-state index contributed by atoms with van der Waals surface area (Å²) in [5.74, 6) is -0.100. The van der Waals surface area contributed by atoms with Gasteiger partial charge in [0.2, 0.25) is 0 Å². The summed E-state index contributed by atoms with van der Waals surface area (Å²) in [7, 11) is 1.60. The first kappa shape index (κ1) is 23.6. The summed E-state index contributed by atoms with van der Waals surface area (Å²) in [5.41, 5.74) is 0.819. The first-order valence-electron chi connectivity index (χ1n) is 9.63. The summed E-state index contributed by atoms with van der Waals surface area (Å²) < 4.78 is 10.5. The Hall–Kier alpha value is -3.63. The fraction of sp³-hybridized carbons (Fsp3) is 0.450. The number of ether oxygens (including phenoxy) is 2. The Morgan fingerprint density at radius 2 is 1.74 bits per heavy atom. The lowest BCUT2D eigenvalue weighted by atomic mass is 9.98. The molecule has 2 rings (SSSR count). The van der Waals surface area contributed by atoms with Crippen molar-refractivity contribution in [2.45, 2.75) is 38.2 Å². The number of hydrogen-bond acceptors (Lipinski definition) is 9. The third kappa shape index (κ3) is 7.61. The molecule has 2 atom stereocenters. The van der Waals surface area contributed by atoms with Gasteiger partial charge in [-0.25, -0.2) is 0 Å². The molecule has 0 aliphatic rings. The molecule has 0 aliphatic carbocycles. The second kappa shape index (κ2) is 11.5. The third-order valence-electron chi connectivity index (χ3n) is 4.69. The minimum absolute atomic E-state index is 0.120. The molecule has 0 amide bonds. The molecule has 0 saturated heterocycles. The normalized spacial score (nSPS) is 12.6. The minimum atomic E-state index is -1.06. The predicted octanol–water partition coefficient (Wildman–Crippen LogP) is 3.45. The molecule has 11 nitrogen and oxygen atoms in total. The number of rotatable bonds is 13. The van der Waals surface area contributed by atoms with E-state index in [4.69, 9.17) is 9.47 Å². The smallest absolute Gasteiger partial charge is 0.313 e. The van der Waals surface area contributed by atoms with E-state index in [0.717, 1.165) is 22.1 Å². The maximum Gasteiger partial charge on any atom is 0.313 e. The molecule has 0 radical (unpaired) electrons. The van der Waals surface area contributed by atoms with E-state index in [1.807, 2.05) is 36.4 Å². The topological polar surface area (TPSA) is 140 Å². The van der Waals surface area contributed by atoms with Gasteiger partial charge >= 0.3 is 5.97 Å². The molecule has 2 aromatic carbocycles. The molecule has 0 fully saturated rings. The summed E-state index contributed by atoms with van der Waals surface area (Å²) >= 11 is 0. The monoisotopic (exact) mass is 436 g/mol. The lowest BCUT2D eigenvalue weighted by Crippen LogP contribution is -2.24. The summed E-state index contributed by atoms with van der Waals surface area (Å²) in [6.07, 6.45) is -0.0903. The summed E-state index contributed by atoms with van der Waals surface area (Å²) in [5, 5.41) is 20.6. The molecular weight excluding hydrogens is 412 g/mol. The average molecular weight is 436 g/mol. The van der Waals surface area contributed by atoms with Crippen LogP contribution in [0.5, 0.6) is 5.75 Å². The lowest BCUT2D eigenvalue weighted by molar-refractivity contribution is -0.790. The van der Waals surface area contributed by atoms with Gasteiger partial charge in [-0.05, 0) is 54.7 Å². The van der Waals surface area contributed by atoms with Crippen LogP contribution in [0.1, 0.15) is 37.7 Å². The highest BCUT2D eigenvalue weighted by Gasteiger charge is 2.18. The third-order valence-corrected chi connectivity index (χ3v) is 4.69. The van der Waals surface area contributed by atoms with Crippen molar-refractivity contribution in [3.05, 3.63) is 62.2 Å². The second-order valence-corrected chi connectivity index (χ2v) is 6.83. The Kier molecular flexibility index (Phi) is 8.79. The van der Waals surface area contributed by atoms with E-state index >= 15 is 0 Å². The van der Waals surface area contributed by atoms with Crippen molar-refractivity contribution < 1.29 is 34.1 Å². The van der Waals surface area contributed by atoms with Crippen LogP contribution in [-0.2, 0) is 19.2 Å². The Labute approximate surface area is 178 Å². The number of methoxy groups -OCH3 is 1. The van der Waals surface area contributed by atoms with Crippen molar-refractivity contribution in [3.8, 4) is 5.75 Å². The molecule has 168 valence electrons. The van der Waals surface area contributed by atoms with Crippen molar-refractivity contribution in [1.82, 2.24) is 0 Å². The minimum Gasteiger partial charge on any atom is -0.497 e. The number of unbranched alkanes of at least 4 members (excludes halogenated alkanes) is 1. The van der Waals surface area contributed by atoms with Crippen LogP contribution in [0.25, 0.3) is 10.8 Å². The highest BCUT2D eigenvalue weighted by molar-refractivity contribution is 5.86. The standard InChI is InChI=1S/C20H24N2O9/c1-14(15-6-7-17-12-18(28-2)9-8-16(17)11-15)20(23)29-10-4-3-5-19(31-22(26)27)13-30-21(24)25/h6-9,11-12,14,19H,3-5,10,13H2,1-2H3/t14-,19-/m0/s1. The molecule has 0 aliphatic heterocycles. The average Bonchev–Trinajstić information content (AvgIpc) is 2.75. The van der Waals surface area contributed by atoms with Crippen LogP contribution in [0.3, 0.4) is 0 Å². The van der Waals surface area contributed by atoms with Gasteiger partial charge < -0.3 is 19.1 Å². The first-order valence-corrected chi connectivity index (χ1v) is 9.63. The zero-order valence-corrected chi connectivity index (χ0v) is 17.2. The van der Waals surface area contributed by atoms with Gasteiger partial charge in [-0.3, -0.25) is 4.79 Å². The highest BCUT2D eigenvalue weighted by atomic mass is 17.0. The molecule has 0 bridgehead atoms. The van der Waals surface area contributed by atoms with Crippen LogP contribution in [-0.4, -0.2) is 42.6 Å². The number of esters is 1. The molecular formula is C20H24N2O9. The molecule has 0 spiro atoms. The highest BCUT2D eigenvalue weighted by Crippen LogP contribution is 2.25. The van der Waals surface area contributed by atoms with Crippen molar-refractivity contribution in [1.29, 1.82) is 0 Å². The molecule has 2 aromatic rings. The summed E-state index contributed by atoms with van der Waals surface area (Å²) in [6, 6.07) is 11.4. The van der Waals surface area contributed by atoms with Crippen molar-refractivity contribution in [2.75, 3.05) is 20.3 Å². The van der Waals surface area contributed by atoms with Crippen LogP contribution in [0.15, 0.2) is 36.4 Å². The Balaban J connectivity index is 1.80. The van der Waals surface area contributed by atoms with E-state index in [9.17, 15) is 25.0 Å². The van der Waals surface area contributed by atoms with Gasteiger partial charge in [0.1, 0.15) is 18.5 Å². The zero-order valence-electron chi connectivity index (χ0n) is 17.2. The van der Waals surface area contributed by atoms with Crippen LogP contribution in [0.4, 0.5) is 0 Å². The maximum absolute atomic E-state index is 12.3. The van der Waals surface area contributed by atoms with Crippen molar-refractivity contribution in [3.63, 3.8) is 0 Å². The fourth-order valence-electron chi connectivity index (χ4n) is 2.98. The molecule has 11 heteroatoms. The van der Waals surface area contributed by atoms with Gasteiger partial charge in [0, 0.05) is 0 Å². The SMILES string of the molecule is COc1ccc2cc([C@H](C)C(=O)OCCCC[C@@H](CO[N+](=O)[O-])O[N+](=O)[O-])ccc2c1. The van der Waals surface area contributed by atoms with E-state index in [-0.39, 0.29) is 19.0 Å². The zero-order chi connectivity index (χ0) is 22.8. The number of benzene rings is 2. The molecule has 0 aromatic heterocycles. The van der Waals surface area contributed by atoms with Crippen LogP contribution in [0.2, 0.25) is 0 Å². The van der Waals surface area contributed by atoms with E-state index in [1.165, 1.54) is 0 Å². The molecule has 0 N–H and O–H groups in total. The second-order valence-electron chi connectivity index (χ2n) is 6.83. The van der Waals surface area contributed by atoms with Gasteiger partial charge in [-0.15, -0.1) is 20.2 Å². The molecule has 0 saturated carbocycles. The predicted molar refractivity (Wildman–Crippen MR) is 109 cm³/mol. The van der Waals surface area contributed by atoms with Gasteiger partial charge in [-0.1, -0.05) is 24.3 Å². The number of fused-ring (bicyclic) bond motifs is 1. The summed E-state index contributed by atoms with van der Waals surface area (Å²) in [6.45, 7) is 1.33. The van der Waals surface area contributed by atoms with E-state index in [0.29, 0.717) is 12.8 Å². The lowest BCUT2D eigenvalue weighted by Gasteiger charge is -2.15. The quantitative estimate of drug-likeness (QED) is 0.200.